The quantitative estimate of drug-likeness (QED) is 0.175. The molecule has 49 heavy (non-hydrogen) atoms. The fourth-order valence-corrected chi connectivity index (χ4v) is 7.19. The number of rotatable bonds is 4. The first kappa shape index (κ1) is 29.0. The van der Waals surface area contributed by atoms with Crippen LogP contribution in [0.15, 0.2) is 164 Å². The highest BCUT2D eigenvalue weighted by Crippen LogP contribution is 2.45. The molecule has 0 aliphatic carbocycles. The van der Waals surface area contributed by atoms with Crippen LogP contribution in [0.2, 0.25) is 0 Å². The van der Waals surface area contributed by atoms with Crippen LogP contribution < -0.4 is 0 Å². The SMILES string of the molecule is FC(F)(F)c1ccc2c(c1)nc(-c1ccccc1)n2-c1cccc(-c2c3ccccc3c(-c3ccc4ccccc4c3)c3ccccc23)c1. The summed E-state index contributed by atoms with van der Waals surface area (Å²) in [6.45, 7) is 0. The van der Waals surface area contributed by atoms with E-state index < -0.39 is 11.7 Å². The van der Waals surface area contributed by atoms with Crippen molar-refractivity contribution in [2.75, 3.05) is 0 Å². The van der Waals surface area contributed by atoms with Gasteiger partial charge in [-0.1, -0.05) is 127 Å². The number of halogens is 3. The van der Waals surface area contributed by atoms with Crippen LogP contribution in [0.5, 0.6) is 0 Å². The van der Waals surface area contributed by atoms with Crippen molar-refractivity contribution in [3.05, 3.63) is 169 Å². The Morgan fingerprint density at radius 2 is 1.02 bits per heavy atom. The third-order valence-electron chi connectivity index (χ3n) is 9.38. The summed E-state index contributed by atoms with van der Waals surface area (Å²) in [6, 6.07) is 53.7. The fourth-order valence-electron chi connectivity index (χ4n) is 7.19. The Hall–Kier alpha value is -6.20. The maximum Gasteiger partial charge on any atom is 0.416 e. The molecule has 9 rings (SSSR count). The number of fused-ring (bicyclic) bond motifs is 4. The monoisotopic (exact) mass is 640 g/mol. The summed E-state index contributed by atoms with van der Waals surface area (Å²) in [7, 11) is 0. The van der Waals surface area contributed by atoms with E-state index in [1.807, 2.05) is 47.0 Å². The van der Waals surface area contributed by atoms with Crippen LogP contribution in [-0.4, -0.2) is 9.55 Å². The predicted octanol–water partition coefficient (Wildman–Crippen LogP) is 12.5. The summed E-state index contributed by atoms with van der Waals surface area (Å²) in [5, 5.41) is 6.92. The molecule has 0 N–H and O–H groups in total. The van der Waals surface area contributed by atoms with Crippen molar-refractivity contribution in [1.29, 1.82) is 0 Å². The van der Waals surface area contributed by atoms with Crippen LogP contribution in [0.3, 0.4) is 0 Å². The second-order valence-electron chi connectivity index (χ2n) is 12.3. The van der Waals surface area contributed by atoms with Crippen LogP contribution in [0, 0.1) is 0 Å². The minimum atomic E-state index is -4.47. The van der Waals surface area contributed by atoms with E-state index >= 15 is 0 Å². The molecular weight excluding hydrogens is 613 g/mol. The van der Waals surface area contributed by atoms with E-state index in [0.29, 0.717) is 11.3 Å². The van der Waals surface area contributed by atoms with Crippen molar-refractivity contribution < 1.29 is 13.2 Å². The van der Waals surface area contributed by atoms with Crippen LogP contribution in [0.4, 0.5) is 13.2 Å². The highest BCUT2D eigenvalue weighted by molar-refractivity contribution is 6.21. The zero-order valence-corrected chi connectivity index (χ0v) is 26.1. The maximum absolute atomic E-state index is 13.7. The fraction of sp³-hybridized carbons (Fsp3) is 0.0227. The normalized spacial score (nSPS) is 12.0. The van der Waals surface area contributed by atoms with Crippen molar-refractivity contribution in [3.8, 4) is 39.3 Å². The van der Waals surface area contributed by atoms with Gasteiger partial charge in [-0.2, -0.15) is 13.2 Å². The van der Waals surface area contributed by atoms with E-state index in [0.717, 1.165) is 61.6 Å². The Morgan fingerprint density at radius 3 is 1.67 bits per heavy atom. The first-order valence-electron chi connectivity index (χ1n) is 16.1. The first-order chi connectivity index (χ1) is 23.9. The van der Waals surface area contributed by atoms with Crippen molar-refractivity contribution in [3.63, 3.8) is 0 Å². The van der Waals surface area contributed by atoms with Crippen molar-refractivity contribution >= 4 is 43.4 Å². The van der Waals surface area contributed by atoms with E-state index in [1.54, 1.807) is 0 Å². The van der Waals surface area contributed by atoms with Gasteiger partial charge in [-0.25, -0.2) is 4.98 Å². The van der Waals surface area contributed by atoms with Crippen LogP contribution >= 0.6 is 0 Å². The number of aromatic nitrogens is 2. The molecule has 0 bridgehead atoms. The summed E-state index contributed by atoms with van der Waals surface area (Å²) in [5.74, 6) is 0.577. The van der Waals surface area contributed by atoms with Crippen molar-refractivity contribution in [1.82, 2.24) is 9.55 Å². The molecule has 0 aliphatic rings. The number of hydrogen-bond acceptors (Lipinski definition) is 1. The molecule has 1 heterocycles. The molecule has 2 nitrogen and oxygen atoms in total. The number of imidazole rings is 1. The standard InChI is InChI=1S/C44H27F3N2/c45-44(46,47)33-23-24-40-39(27-33)48-43(29-12-2-1-3-13-29)49(40)34-16-10-15-31(26-34)41-35-17-6-8-19-37(35)42(38-20-9-7-18-36(38)41)32-22-21-28-11-4-5-14-30(28)25-32/h1-27H. The van der Waals surface area contributed by atoms with Gasteiger partial charge in [-0.05, 0) is 91.0 Å². The van der Waals surface area contributed by atoms with Gasteiger partial charge in [0.05, 0.1) is 16.6 Å². The molecule has 0 radical (unpaired) electrons. The smallest absolute Gasteiger partial charge is 0.292 e. The average Bonchev–Trinajstić information content (AvgIpc) is 3.53. The molecule has 0 aliphatic heterocycles. The minimum absolute atomic E-state index is 0.287. The molecule has 0 unspecified atom stereocenters. The lowest BCUT2D eigenvalue weighted by Crippen LogP contribution is -2.04. The third kappa shape index (κ3) is 4.85. The van der Waals surface area contributed by atoms with Crippen molar-refractivity contribution in [2.45, 2.75) is 6.18 Å². The van der Waals surface area contributed by atoms with Gasteiger partial charge in [-0.3, -0.25) is 4.57 Å². The van der Waals surface area contributed by atoms with Gasteiger partial charge in [0.1, 0.15) is 5.82 Å². The average molecular weight is 641 g/mol. The molecule has 0 spiro atoms. The molecule has 9 aromatic rings. The van der Waals surface area contributed by atoms with Gasteiger partial charge in [-0.15, -0.1) is 0 Å². The minimum Gasteiger partial charge on any atom is -0.292 e. The molecule has 234 valence electrons. The number of benzene rings is 8. The number of alkyl halides is 3. The molecule has 0 fully saturated rings. The molecule has 0 saturated carbocycles. The zero-order valence-electron chi connectivity index (χ0n) is 26.1. The van der Waals surface area contributed by atoms with Gasteiger partial charge in [0, 0.05) is 11.3 Å². The molecule has 5 heteroatoms. The summed E-state index contributed by atoms with van der Waals surface area (Å²) in [6.07, 6.45) is -4.47. The van der Waals surface area contributed by atoms with Crippen LogP contribution in [0.25, 0.3) is 82.7 Å². The zero-order chi connectivity index (χ0) is 33.1. The Kier molecular flexibility index (Phi) is 6.63. The maximum atomic E-state index is 13.7. The lowest BCUT2D eigenvalue weighted by Gasteiger charge is -2.19. The van der Waals surface area contributed by atoms with E-state index in [-0.39, 0.29) is 5.52 Å². The Labute approximate surface area is 280 Å². The first-order valence-corrected chi connectivity index (χ1v) is 16.1. The molecule has 0 amide bonds. The Balaban J connectivity index is 1.30. The highest BCUT2D eigenvalue weighted by Gasteiger charge is 2.31. The molecule has 0 saturated heterocycles. The topological polar surface area (TPSA) is 17.8 Å². The van der Waals surface area contributed by atoms with E-state index in [9.17, 15) is 13.2 Å². The van der Waals surface area contributed by atoms with Gasteiger partial charge < -0.3 is 0 Å². The van der Waals surface area contributed by atoms with E-state index in [1.165, 1.54) is 22.4 Å². The summed E-state index contributed by atoms with van der Waals surface area (Å²) in [5.41, 5.74) is 6.23. The second-order valence-corrected chi connectivity index (χ2v) is 12.3. The summed E-state index contributed by atoms with van der Waals surface area (Å²) in [4.78, 5) is 4.77. The number of hydrogen-bond donors (Lipinski definition) is 0. The molecule has 8 aromatic carbocycles. The van der Waals surface area contributed by atoms with Crippen molar-refractivity contribution in [2.24, 2.45) is 0 Å². The van der Waals surface area contributed by atoms with Gasteiger partial charge in [0.2, 0.25) is 0 Å². The van der Waals surface area contributed by atoms with Crippen LogP contribution in [0.1, 0.15) is 5.56 Å². The lowest BCUT2D eigenvalue weighted by molar-refractivity contribution is -0.137. The lowest BCUT2D eigenvalue weighted by atomic mass is 9.85. The highest BCUT2D eigenvalue weighted by atomic mass is 19.4. The Morgan fingerprint density at radius 1 is 0.449 bits per heavy atom. The molecule has 0 atom stereocenters. The number of nitrogens with zero attached hydrogens (tertiary/aromatic N) is 2. The van der Waals surface area contributed by atoms with Gasteiger partial charge in [0.15, 0.2) is 0 Å². The van der Waals surface area contributed by atoms with Gasteiger partial charge in [0.25, 0.3) is 0 Å². The second kappa shape index (κ2) is 11.2. The largest absolute Gasteiger partial charge is 0.416 e. The Bertz CT molecular complexity index is 2650. The van der Waals surface area contributed by atoms with Gasteiger partial charge >= 0.3 is 6.18 Å². The van der Waals surface area contributed by atoms with E-state index in [4.69, 9.17) is 4.98 Å². The third-order valence-corrected chi connectivity index (χ3v) is 9.38. The van der Waals surface area contributed by atoms with E-state index in [2.05, 4.69) is 103 Å². The molecule has 1 aromatic heterocycles. The van der Waals surface area contributed by atoms with Crippen LogP contribution in [-0.2, 0) is 6.18 Å². The summed E-state index contributed by atoms with van der Waals surface area (Å²) < 4.78 is 43.2. The summed E-state index contributed by atoms with van der Waals surface area (Å²) >= 11 is 0. The molecular formula is C44H27F3N2. The predicted molar refractivity (Wildman–Crippen MR) is 195 cm³/mol.